The molecule has 0 radical (unpaired) electrons. The van der Waals surface area contributed by atoms with Crippen LogP contribution in [0.2, 0.25) is 0 Å². The number of carbonyl (C=O) groups excluding carboxylic acids is 1. The molecule has 5 heteroatoms. The van der Waals surface area contributed by atoms with Gasteiger partial charge in [-0.1, -0.05) is 36.4 Å². The first-order valence-corrected chi connectivity index (χ1v) is 8.98. The second-order valence-electron chi connectivity index (χ2n) is 7.55. The highest BCUT2D eigenvalue weighted by Crippen LogP contribution is 2.30. The Morgan fingerprint density at radius 3 is 2.46 bits per heavy atom. The van der Waals surface area contributed by atoms with Gasteiger partial charge in [0.1, 0.15) is 24.9 Å². The van der Waals surface area contributed by atoms with Crippen LogP contribution in [-0.2, 0) is 30.3 Å². The average molecular weight is 362 g/mol. The topological polar surface area (TPSA) is 54.0 Å². The number of rotatable bonds is 8. The second kappa shape index (κ2) is 9.31. The molecule has 0 N–H and O–H groups in total. The van der Waals surface area contributed by atoms with E-state index in [0.717, 1.165) is 5.56 Å². The van der Waals surface area contributed by atoms with Crippen LogP contribution in [0.1, 0.15) is 32.8 Å². The predicted octanol–water partition coefficient (Wildman–Crippen LogP) is 3.52. The van der Waals surface area contributed by atoms with Gasteiger partial charge in [0, 0.05) is 7.11 Å². The van der Waals surface area contributed by atoms with Crippen LogP contribution >= 0.6 is 0 Å². The molecule has 0 bridgehead atoms. The van der Waals surface area contributed by atoms with Crippen LogP contribution in [0.25, 0.3) is 0 Å². The number of methoxy groups -OCH3 is 1. The molecule has 4 atom stereocenters. The van der Waals surface area contributed by atoms with Gasteiger partial charge < -0.3 is 18.9 Å². The van der Waals surface area contributed by atoms with E-state index in [1.807, 2.05) is 51.1 Å². The highest BCUT2D eigenvalue weighted by atomic mass is 16.6. The highest BCUT2D eigenvalue weighted by Gasteiger charge is 2.46. The molecule has 26 heavy (non-hydrogen) atoms. The van der Waals surface area contributed by atoms with Crippen molar-refractivity contribution < 1.29 is 23.7 Å². The maximum atomic E-state index is 12.1. The Balaban J connectivity index is 2.06. The molecule has 1 fully saturated rings. The van der Waals surface area contributed by atoms with Crippen LogP contribution in [0.4, 0.5) is 0 Å². The van der Waals surface area contributed by atoms with Crippen molar-refractivity contribution in [3.8, 4) is 0 Å². The first-order valence-electron chi connectivity index (χ1n) is 8.98. The summed E-state index contributed by atoms with van der Waals surface area (Å²) in [4.78, 5) is 12.1. The van der Waals surface area contributed by atoms with E-state index in [2.05, 4.69) is 6.58 Å². The van der Waals surface area contributed by atoms with Crippen molar-refractivity contribution in [1.82, 2.24) is 0 Å². The summed E-state index contributed by atoms with van der Waals surface area (Å²) in [5, 5.41) is 0. The lowest BCUT2D eigenvalue weighted by Gasteiger charge is -2.24. The summed E-state index contributed by atoms with van der Waals surface area (Å²) in [6.45, 7) is 9.85. The number of ether oxygens (including phenoxy) is 4. The van der Waals surface area contributed by atoms with Crippen molar-refractivity contribution in [3.05, 3.63) is 48.6 Å². The maximum absolute atomic E-state index is 12.1. The van der Waals surface area contributed by atoms with E-state index < -0.39 is 5.41 Å². The number of benzene rings is 1. The molecule has 1 aromatic rings. The van der Waals surface area contributed by atoms with Crippen LogP contribution in [0.3, 0.4) is 0 Å². The summed E-state index contributed by atoms with van der Waals surface area (Å²) in [5.74, 6) is -0.260. The summed E-state index contributed by atoms with van der Waals surface area (Å²) in [6.07, 6.45) is 1.34. The van der Waals surface area contributed by atoms with Gasteiger partial charge in [-0.25, -0.2) is 0 Å². The summed E-state index contributed by atoms with van der Waals surface area (Å²) >= 11 is 0. The summed E-state index contributed by atoms with van der Waals surface area (Å²) in [5.41, 5.74) is 0.514. The quantitative estimate of drug-likeness (QED) is 0.523. The molecule has 1 heterocycles. The van der Waals surface area contributed by atoms with Crippen molar-refractivity contribution in [3.63, 3.8) is 0 Å². The fourth-order valence-electron chi connectivity index (χ4n) is 2.92. The molecular formula is C21H30O5. The zero-order valence-electron chi connectivity index (χ0n) is 16.1. The summed E-state index contributed by atoms with van der Waals surface area (Å²) in [7, 11) is 1.65. The number of hydrogen-bond donors (Lipinski definition) is 0. The molecule has 1 aromatic carbocycles. The van der Waals surface area contributed by atoms with Crippen molar-refractivity contribution in [2.45, 2.75) is 58.2 Å². The van der Waals surface area contributed by atoms with Crippen LogP contribution in [0.15, 0.2) is 43.0 Å². The minimum Gasteiger partial charge on any atom is -0.462 e. The third-order valence-corrected chi connectivity index (χ3v) is 4.35. The van der Waals surface area contributed by atoms with E-state index in [4.69, 9.17) is 18.9 Å². The van der Waals surface area contributed by atoms with Crippen LogP contribution < -0.4 is 0 Å². The van der Waals surface area contributed by atoms with Crippen molar-refractivity contribution in [2.75, 3.05) is 13.7 Å². The number of carbonyl (C=O) groups is 1. The Hall–Kier alpha value is -1.69. The smallest absolute Gasteiger partial charge is 0.311 e. The molecule has 0 saturated carbocycles. The zero-order valence-corrected chi connectivity index (χ0v) is 16.1. The normalized spacial score (nSPS) is 25.8. The largest absolute Gasteiger partial charge is 0.462 e. The lowest BCUT2D eigenvalue weighted by atomic mass is 9.97. The number of hydrogen-bond acceptors (Lipinski definition) is 5. The Kier molecular flexibility index (Phi) is 7.38. The van der Waals surface area contributed by atoms with Gasteiger partial charge in [0.15, 0.2) is 0 Å². The molecule has 0 unspecified atom stereocenters. The van der Waals surface area contributed by atoms with Gasteiger partial charge in [-0.15, -0.1) is 6.58 Å². The lowest BCUT2D eigenvalue weighted by molar-refractivity contribution is -0.159. The minimum atomic E-state index is -0.555. The van der Waals surface area contributed by atoms with Gasteiger partial charge in [0.25, 0.3) is 0 Å². The standard InChI is InChI=1S/C21H30O5/c1-6-10-16-18(23-5)19(24-13-15-11-8-7-9-12-15)17(26-16)14-25-20(22)21(2,3)4/h6-9,11-12,16-19H,1,10,13-14H2,2-5H3/t16-,17+,18+,19+/m1/s1. The van der Waals surface area contributed by atoms with Crippen LogP contribution in [0, 0.1) is 5.41 Å². The highest BCUT2D eigenvalue weighted by molar-refractivity contribution is 5.75. The Labute approximate surface area is 156 Å². The van der Waals surface area contributed by atoms with E-state index in [-0.39, 0.29) is 37.0 Å². The van der Waals surface area contributed by atoms with Gasteiger partial charge >= 0.3 is 5.97 Å². The third kappa shape index (κ3) is 5.40. The molecule has 0 aromatic heterocycles. The minimum absolute atomic E-state index is 0.142. The fraction of sp³-hybridized carbons (Fsp3) is 0.571. The number of esters is 1. The molecule has 144 valence electrons. The van der Waals surface area contributed by atoms with Crippen LogP contribution in [0.5, 0.6) is 0 Å². The molecule has 0 aliphatic carbocycles. The average Bonchev–Trinajstić information content (AvgIpc) is 2.94. The summed E-state index contributed by atoms with van der Waals surface area (Å²) in [6, 6.07) is 9.93. The lowest BCUT2D eigenvalue weighted by Crippen LogP contribution is -2.39. The molecule has 2 rings (SSSR count). The van der Waals surface area contributed by atoms with Crippen LogP contribution in [-0.4, -0.2) is 44.1 Å². The van der Waals surface area contributed by atoms with Crippen molar-refractivity contribution >= 4 is 5.97 Å². The van der Waals surface area contributed by atoms with Gasteiger partial charge in [-0.2, -0.15) is 0 Å². The second-order valence-corrected chi connectivity index (χ2v) is 7.55. The zero-order chi connectivity index (χ0) is 19.2. The van der Waals surface area contributed by atoms with Gasteiger partial charge in [-0.3, -0.25) is 4.79 Å². The Bertz CT molecular complexity index is 578. The molecule has 0 amide bonds. The molecular weight excluding hydrogens is 332 g/mol. The predicted molar refractivity (Wildman–Crippen MR) is 99.7 cm³/mol. The van der Waals surface area contributed by atoms with Crippen molar-refractivity contribution in [2.24, 2.45) is 5.41 Å². The molecule has 1 aliphatic rings. The van der Waals surface area contributed by atoms with E-state index in [0.29, 0.717) is 13.0 Å². The van der Waals surface area contributed by atoms with Crippen molar-refractivity contribution in [1.29, 1.82) is 0 Å². The molecule has 1 saturated heterocycles. The van der Waals surface area contributed by atoms with E-state index in [1.54, 1.807) is 13.2 Å². The maximum Gasteiger partial charge on any atom is 0.311 e. The fourth-order valence-corrected chi connectivity index (χ4v) is 2.92. The first-order chi connectivity index (χ1) is 12.4. The third-order valence-electron chi connectivity index (χ3n) is 4.35. The van der Waals surface area contributed by atoms with Gasteiger partial charge in [0.2, 0.25) is 0 Å². The monoisotopic (exact) mass is 362 g/mol. The Morgan fingerprint density at radius 2 is 1.88 bits per heavy atom. The molecule has 0 spiro atoms. The summed E-state index contributed by atoms with van der Waals surface area (Å²) < 4.78 is 23.3. The van der Waals surface area contributed by atoms with Gasteiger partial charge in [-0.05, 0) is 32.8 Å². The van der Waals surface area contributed by atoms with E-state index in [9.17, 15) is 4.79 Å². The van der Waals surface area contributed by atoms with Gasteiger partial charge in [0.05, 0.1) is 18.1 Å². The SMILES string of the molecule is C=CC[C@H]1O[C@@H](COC(=O)C(C)(C)C)[C@H](OCc2ccccc2)[C@H]1OC. The Morgan fingerprint density at radius 1 is 1.19 bits per heavy atom. The van der Waals surface area contributed by atoms with E-state index >= 15 is 0 Å². The molecule has 1 aliphatic heterocycles. The molecule has 5 nitrogen and oxygen atoms in total. The van der Waals surface area contributed by atoms with E-state index in [1.165, 1.54) is 0 Å². The first kappa shape index (κ1) is 20.6.